The number of hydrogen-bond donors (Lipinski definition) is 1. The van der Waals surface area contributed by atoms with Crippen LogP contribution >= 0.6 is 0 Å². The maximum Gasteiger partial charge on any atom is 0.217 e. The lowest BCUT2D eigenvalue weighted by Gasteiger charge is -2.17. The minimum Gasteiger partial charge on any atom is -0.466 e. The van der Waals surface area contributed by atoms with E-state index in [0.717, 1.165) is 37.0 Å². The van der Waals surface area contributed by atoms with Gasteiger partial charge in [-0.1, -0.05) is 0 Å². The molecule has 1 aliphatic rings. The van der Waals surface area contributed by atoms with Crippen LogP contribution in [0.4, 0.5) is 0 Å². The third-order valence-corrected chi connectivity index (χ3v) is 4.20. The standard InChI is InChI=1S/C16H22N4O2/c1-11-4-5-15(22-11)13-8-20(9-14(13)18-12(2)21)10-16-17-6-7-19(16)3/h4-7,13-14H,8-10H2,1-3H3,(H,18,21)/t13-,14-/m1/s1. The molecule has 0 aromatic carbocycles. The van der Waals surface area contributed by atoms with E-state index in [1.807, 2.05) is 43.1 Å². The van der Waals surface area contributed by atoms with Crippen molar-refractivity contribution in [1.82, 2.24) is 19.8 Å². The number of hydrogen-bond acceptors (Lipinski definition) is 4. The Morgan fingerprint density at radius 2 is 2.27 bits per heavy atom. The van der Waals surface area contributed by atoms with Crippen molar-refractivity contribution in [3.63, 3.8) is 0 Å². The van der Waals surface area contributed by atoms with Crippen molar-refractivity contribution in [3.05, 3.63) is 41.9 Å². The number of carbonyl (C=O) groups excluding carboxylic acids is 1. The van der Waals surface area contributed by atoms with Crippen molar-refractivity contribution in [3.8, 4) is 0 Å². The summed E-state index contributed by atoms with van der Waals surface area (Å²) in [5.41, 5.74) is 0. The van der Waals surface area contributed by atoms with E-state index in [9.17, 15) is 4.79 Å². The maximum atomic E-state index is 11.5. The second kappa shape index (κ2) is 5.96. The summed E-state index contributed by atoms with van der Waals surface area (Å²) in [6.07, 6.45) is 3.76. The summed E-state index contributed by atoms with van der Waals surface area (Å²) in [4.78, 5) is 18.2. The van der Waals surface area contributed by atoms with Gasteiger partial charge in [-0.2, -0.15) is 0 Å². The quantitative estimate of drug-likeness (QED) is 0.928. The highest BCUT2D eigenvalue weighted by Crippen LogP contribution is 2.29. The Hall–Kier alpha value is -2.08. The maximum absolute atomic E-state index is 11.5. The van der Waals surface area contributed by atoms with Crippen molar-refractivity contribution >= 4 is 5.91 Å². The van der Waals surface area contributed by atoms with Gasteiger partial charge in [0.1, 0.15) is 17.3 Å². The lowest BCUT2D eigenvalue weighted by atomic mass is 10.0. The molecule has 0 unspecified atom stereocenters. The number of nitrogens with one attached hydrogen (secondary N) is 1. The summed E-state index contributed by atoms with van der Waals surface area (Å²) in [5.74, 6) is 3.05. The smallest absolute Gasteiger partial charge is 0.217 e. The fraction of sp³-hybridized carbons (Fsp3) is 0.500. The Morgan fingerprint density at radius 1 is 1.45 bits per heavy atom. The van der Waals surface area contributed by atoms with Crippen LogP contribution in [0.5, 0.6) is 0 Å². The molecule has 2 atom stereocenters. The van der Waals surface area contributed by atoms with Crippen molar-refractivity contribution in [2.24, 2.45) is 7.05 Å². The Bertz CT molecular complexity index is 661. The van der Waals surface area contributed by atoms with Gasteiger partial charge >= 0.3 is 0 Å². The Labute approximate surface area is 130 Å². The summed E-state index contributed by atoms with van der Waals surface area (Å²) in [6, 6.07) is 4.06. The molecule has 0 spiro atoms. The number of nitrogens with zero attached hydrogens (tertiary/aromatic N) is 3. The number of amides is 1. The first-order chi connectivity index (χ1) is 10.5. The van der Waals surface area contributed by atoms with Crippen molar-refractivity contribution < 1.29 is 9.21 Å². The van der Waals surface area contributed by atoms with Gasteiger partial charge < -0.3 is 14.3 Å². The molecule has 3 rings (SSSR count). The van der Waals surface area contributed by atoms with Gasteiger partial charge in [0.05, 0.1) is 18.5 Å². The van der Waals surface area contributed by atoms with Gasteiger partial charge in [0.25, 0.3) is 0 Å². The number of likely N-dealkylation sites (tertiary alicyclic amines) is 1. The monoisotopic (exact) mass is 302 g/mol. The molecule has 22 heavy (non-hydrogen) atoms. The Kier molecular flexibility index (Phi) is 4.02. The minimum atomic E-state index is -0.00267. The van der Waals surface area contributed by atoms with Crippen LogP contribution in [0.3, 0.4) is 0 Å². The predicted molar refractivity (Wildman–Crippen MR) is 82.3 cm³/mol. The molecule has 2 aromatic heterocycles. The lowest BCUT2D eigenvalue weighted by Crippen LogP contribution is -2.38. The van der Waals surface area contributed by atoms with Crippen molar-refractivity contribution in [2.75, 3.05) is 13.1 Å². The summed E-state index contributed by atoms with van der Waals surface area (Å²) in [7, 11) is 2.00. The van der Waals surface area contributed by atoms with E-state index in [-0.39, 0.29) is 17.9 Å². The zero-order chi connectivity index (χ0) is 15.7. The predicted octanol–water partition coefficient (Wildman–Crippen LogP) is 1.43. The SMILES string of the molecule is CC(=O)N[C@@H]1CN(Cc2nccn2C)C[C@H]1c1ccc(C)o1. The van der Waals surface area contributed by atoms with Crippen molar-refractivity contribution in [2.45, 2.75) is 32.4 Å². The summed E-state index contributed by atoms with van der Waals surface area (Å²) >= 11 is 0. The van der Waals surface area contributed by atoms with Gasteiger partial charge in [0.2, 0.25) is 5.91 Å². The lowest BCUT2D eigenvalue weighted by molar-refractivity contribution is -0.119. The molecule has 6 heteroatoms. The molecule has 0 bridgehead atoms. The van der Waals surface area contributed by atoms with Gasteiger partial charge in [0.15, 0.2) is 0 Å². The molecule has 1 amide bonds. The van der Waals surface area contributed by atoms with E-state index < -0.39 is 0 Å². The van der Waals surface area contributed by atoms with Gasteiger partial charge in [-0.25, -0.2) is 4.98 Å². The molecular weight excluding hydrogens is 280 g/mol. The first kappa shape index (κ1) is 14.8. The Morgan fingerprint density at radius 3 is 2.86 bits per heavy atom. The number of aryl methyl sites for hydroxylation is 2. The highest BCUT2D eigenvalue weighted by Gasteiger charge is 2.36. The highest BCUT2D eigenvalue weighted by molar-refractivity contribution is 5.73. The second-order valence-corrected chi connectivity index (χ2v) is 6.01. The van der Waals surface area contributed by atoms with E-state index in [4.69, 9.17) is 4.42 Å². The molecule has 118 valence electrons. The molecule has 3 heterocycles. The van der Waals surface area contributed by atoms with Gasteiger partial charge in [0, 0.05) is 39.5 Å². The van der Waals surface area contributed by atoms with E-state index >= 15 is 0 Å². The first-order valence-corrected chi connectivity index (χ1v) is 7.55. The molecule has 1 fully saturated rings. The summed E-state index contributed by atoms with van der Waals surface area (Å²) in [5, 5.41) is 3.06. The molecule has 1 saturated heterocycles. The Balaban J connectivity index is 1.76. The zero-order valence-electron chi connectivity index (χ0n) is 13.2. The van der Waals surface area contributed by atoms with E-state index in [0.29, 0.717) is 0 Å². The van der Waals surface area contributed by atoms with E-state index in [1.54, 1.807) is 6.92 Å². The van der Waals surface area contributed by atoms with E-state index in [2.05, 4.69) is 15.2 Å². The number of imidazole rings is 1. The first-order valence-electron chi connectivity index (χ1n) is 7.55. The molecule has 1 N–H and O–H groups in total. The average Bonchev–Trinajstić information content (AvgIpc) is 3.12. The molecule has 2 aromatic rings. The topological polar surface area (TPSA) is 63.3 Å². The molecular formula is C16H22N4O2. The summed E-state index contributed by atoms with van der Waals surface area (Å²) in [6.45, 7) is 5.93. The van der Waals surface area contributed by atoms with Crippen molar-refractivity contribution in [1.29, 1.82) is 0 Å². The molecule has 6 nitrogen and oxygen atoms in total. The van der Waals surface area contributed by atoms with Gasteiger partial charge in [-0.05, 0) is 19.1 Å². The molecule has 0 aliphatic carbocycles. The fourth-order valence-electron chi connectivity index (χ4n) is 3.11. The number of rotatable bonds is 4. The van der Waals surface area contributed by atoms with Crippen LogP contribution in [0.2, 0.25) is 0 Å². The van der Waals surface area contributed by atoms with Crippen LogP contribution in [0.15, 0.2) is 28.9 Å². The largest absolute Gasteiger partial charge is 0.466 e. The third kappa shape index (κ3) is 3.06. The number of carbonyl (C=O) groups is 1. The van der Waals surface area contributed by atoms with Crippen LogP contribution in [0, 0.1) is 6.92 Å². The highest BCUT2D eigenvalue weighted by atomic mass is 16.3. The normalized spacial score (nSPS) is 22.1. The second-order valence-electron chi connectivity index (χ2n) is 6.01. The molecule has 0 radical (unpaired) electrons. The molecule has 1 aliphatic heterocycles. The van der Waals surface area contributed by atoms with Crippen LogP contribution in [0.25, 0.3) is 0 Å². The number of aromatic nitrogens is 2. The average molecular weight is 302 g/mol. The van der Waals surface area contributed by atoms with Gasteiger partial charge in [-0.15, -0.1) is 0 Å². The van der Waals surface area contributed by atoms with Crippen LogP contribution in [-0.2, 0) is 18.4 Å². The fourth-order valence-corrected chi connectivity index (χ4v) is 3.11. The number of furan rings is 1. The summed E-state index contributed by atoms with van der Waals surface area (Å²) < 4.78 is 7.81. The van der Waals surface area contributed by atoms with Crippen LogP contribution < -0.4 is 5.32 Å². The third-order valence-electron chi connectivity index (χ3n) is 4.20. The van der Waals surface area contributed by atoms with Crippen LogP contribution in [-0.4, -0.2) is 39.5 Å². The minimum absolute atomic E-state index is 0.00267. The molecule has 0 saturated carbocycles. The van der Waals surface area contributed by atoms with Gasteiger partial charge in [-0.3, -0.25) is 9.69 Å². The zero-order valence-corrected chi connectivity index (χ0v) is 13.2. The van der Waals surface area contributed by atoms with E-state index in [1.165, 1.54) is 0 Å². The van der Waals surface area contributed by atoms with Crippen LogP contribution in [0.1, 0.15) is 30.2 Å².